The fraction of sp³-hybridized carbons (Fsp3) is 0.259. The minimum atomic E-state index is -0.732. The van der Waals surface area contributed by atoms with Crippen LogP contribution in [0.3, 0.4) is 0 Å². The maximum atomic E-state index is 14.1. The van der Waals surface area contributed by atoms with Crippen molar-refractivity contribution in [1.82, 2.24) is 28.9 Å². The Morgan fingerprint density at radius 1 is 1.14 bits per heavy atom. The number of Topliss-reactive ketones (excluding diaryl/α,β-unsaturated/α-hetero) is 1. The summed E-state index contributed by atoms with van der Waals surface area (Å²) in [6, 6.07) is 11.8. The number of aromatic nitrogens is 5. The molecule has 7 nitrogen and oxygen atoms in total. The second-order valence-electron chi connectivity index (χ2n) is 9.15. The van der Waals surface area contributed by atoms with Crippen LogP contribution in [0, 0.1) is 11.2 Å². The lowest BCUT2D eigenvalue weighted by molar-refractivity contribution is 0.0775. The van der Waals surface area contributed by atoms with E-state index in [1.54, 1.807) is 36.3 Å². The first-order chi connectivity index (χ1) is 17.6. The van der Waals surface area contributed by atoms with Crippen molar-refractivity contribution in [2.75, 3.05) is 13.1 Å². The average Bonchev–Trinajstić information content (AvgIpc) is 3.54. The zero-order chi connectivity index (χ0) is 24.7. The molecule has 0 radical (unpaired) electrons. The lowest BCUT2D eigenvalue weighted by Gasteiger charge is -2.44. The molecule has 0 amide bonds. The van der Waals surface area contributed by atoms with Crippen LogP contribution in [0.1, 0.15) is 35.1 Å². The monoisotopic (exact) mass is 500 g/mol. The van der Waals surface area contributed by atoms with Gasteiger partial charge >= 0.3 is 0 Å². The zero-order valence-electron chi connectivity index (χ0n) is 19.8. The van der Waals surface area contributed by atoms with E-state index < -0.39 is 5.41 Å². The van der Waals surface area contributed by atoms with E-state index in [1.165, 1.54) is 12.1 Å². The van der Waals surface area contributed by atoms with Gasteiger partial charge in [-0.2, -0.15) is 10.2 Å². The summed E-state index contributed by atoms with van der Waals surface area (Å²) >= 11 is 1.65. The molecular formula is C27H25FN6OS. The highest BCUT2D eigenvalue weighted by Crippen LogP contribution is 2.47. The number of nitrogens with zero attached hydrogens (tertiary/aromatic N) is 6. The van der Waals surface area contributed by atoms with Crippen LogP contribution in [0.5, 0.6) is 0 Å². The van der Waals surface area contributed by atoms with E-state index in [2.05, 4.69) is 32.5 Å². The Morgan fingerprint density at radius 2 is 2.00 bits per heavy atom. The lowest BCUT2D eigenvalue weighted by Crippen LogP contribution is -2.49. The van der Waals surface area contributed by atoms with Crippen molar-refractivity contribution in [2.45, 2.75) is 31.2 Å². The highest BCUT2D eigenvalue weighted by Gasteiger charge is 2.49. The van der Waals surface area contributed by atoms with Crippen LogP contribution in [0.15, 0.2) is 77.7 Å². The fourth-order valence-electron chi connectivity index (χ4n) is 5.14. The Kier molecular flexibility index (Phi) is 5.81. The Hall–Kier alpha value is -3.56. The molecule has 2 aliphatic rings. The number of hydrogen-bond donors (Lipinski definition) is 0. The third kappa shape index (κ3) is 3.98. The summed E-state index contributed by atoms with van der Waals surface area (Å²) in [4.78, 5) is 19.6. The van der Waals surface area contributed by atoms with Crippen LogP contribution in [0.2, 0.25) is 0 Å². The number of carbonyl (C=O) groups is 1. The van der Waals surface area contributed by atoms with Gasteiger partial charge in [-0.05, 0) is 79.8 Å². The molecule has 1 aliphatic heterocycles. The first kappa shape index (κ1) is 22.9. The smallest absolute Gasteiger partial charge is 0.192 e. The number of hydrogen-bond acceptors (Lipinski definition) is 6. The molecule has 0 saturated carbocycles. The predicted octanol–water partition coefficient (Wildman–Crippen LogP) is 4.84. The molecule has 4 heterocycles. The highest BCUT2D eigenvalue weighted by molar-refractivity contribution is 7.97. The van der Waals surface area contributed by atoms with E-state index in [0.29, 0.717) is 18.7 Å². The fourth-order valence-corrected chi connectivity index (χ4v) is 6.17. The summed E-state index contributed by atoms with van der Waals surface area (Å²) in [6.07, 6.45) is 10.8. The largest absolute Gasteiger partial charge is 0.291 e. The van der Waals surface area contributed by atoms with Crippen molar-refractivity contribution in [3.63, 3.8) is 0 Å². The number of pyridine rings is 1. The van der Waals surface area contributed by atoms with Crippen LogP contribution < -0.4 is 0 Å². The van der Waals surface area contributed by atoms with E-state index in [-0.39, 0.29) is 11.6 Å². The van der Waals surface area contributed by atoms with Crippen LogP contribution in [0.4, 0.5) is 4.39 Å². The van der Waals surface area contributed by atoms with Crippen molar-refractivity contribution in [3.05, 3.63) is 95.6 Å². The summed E-state index contributed by atoms with van der Waals surface area (Å²) in [5.74, 6) is -0.253. The van der Waals surface area contributed by atoms with E-state index in [1.807, 2.05) is 40.1 Å². The summed E-state index contributed by atoms with van der Waals surface area (Å²) in [6.45, 7) is 4.25. The van der Waals surface area contributed by atoms with E-state index in [0.717, 1.165) is 46.9 Å². The second kappa shape index (κ2) is 9.15. The van der Waals surface area contributed by atoms with Gasteiger partial charge in [-0.25, -0.2) is 13.4 Å². The lowest BCUT2D eigenvalue weighted by atomic mass is 9.65. The molecule has 3 aromatic heterocycles. The summed E-state index contributed by atoms with van der Waals surface area (Å²) < 4.78 is 19.5. The molecule has 9 heteroatoms. The van der Waals surface area contributed by atoms with Gasteiger partial charge in [-0.3, -0.25) is 14.5 Å². The summed E-state index contributed by atoms with van der Waals surface area (Å²) in [7, 11) is 0. The first-order valence-electron chi connectivity index (χ1n) is 12.0. The molecule has 6 rings (SSSR count). The van der Waals surface area contributed by atoms with Gasteiger partial charge in [0.1, 0.15) is 11.5 Å². The SMILES string of the molecule is CCn1cc(SN2CCC3=Cc4c(cnn4-c4ccc(F)cc4)CC3(C(=O)c3ccccn3)C2)cn1. The van der Waals surface area contributed by atoms with Gasteiger partial charge < -0.3 is 0 Å². The molecular weight excluding hydrogens is 475 g/mol. The number of aryl methyl sites for hydroxylation is 1. The zero-order valence-corrected chi connectivity index (χ0v) is 20.7. The number of benzene rings is 1. The van der Waals surface area contributed by atoms with Gasteiger partial charge in [0.25, 0.3) is 0 Å². The van der Waals surface area contributed by atoms with Crippen LogP contribution in [-0.2, 0) is 13.0 Å². The molecule has 0 spiro atoms. The van der Waals surface area contributed by atoms with E-state index >= 15 is 0 Å². The van der Waals surface area contributed by atoms with Gasteiger partial charge in [0.15, 0.2) is 5.78 Å². The molecule has 1 saturated heterocycles. The van der Waals surface area contributed by atoms with E-state index in [4.69, 9.17) is 0 Å². The van der Waals surface area contributed by atoms with Gasteiger partial charge in [-0.1, -0.05) is 11.6 Å². The van der Waals surface area contributed by atoms with Gasteiger partial charge in [0, 0.05) is 32.0 Å². The van der Waals surface area contributed by atoms with Crippen molar-refractivity contribution in [2.24, 2.45) is 5.41 Å². The molecule has 182 valence electrons. The van der Waals surface area contributed by atoms with Crippen molar-refractivity contribution >= 4 is 23.8 Å². The summed E-state index contributed by atoms with van der Waals surface area (Å²) in [5.41, 5.74) is 3.58. The van der Waals surface area contributed by atoms with Crippen LogP contribution in [0.25, 0.3) is 11.8 Å². The number of rotatable bonds is 6. The number of halogens is 1. The summed E-state index contributed by atoms with van der Waals surface area (Å²) in [5, 5.41) is 9.01. The molecule has 4 aromatic rings. The molecule has 1 aliphatic carbocycles. The third-order valence-electron chi connectivity index (χ3n) is 6.95. The Morgan fingerprint density at radius 3 is 2.75 bits per heavy atom. The highest BCUT2D eigenvalue weighted by atomic mass is 32.2. The maximum absolute atomic E-state index is 14.1. The average molecular weight is 501 g/mol. The van der Waals surface area contributed by atoms with Gasteiger partial charge in [-0.15, -0.1) is 0 Å². The molecule has 0 N–H and O–H groups in total. The van der Waals surface area contributed by atoms with Crippen LogP contribution in [-0.4, -0.2) is 47.7 Å². The standard InChI is InChI=1S/C27H25FN6OS/c1-2-32-17-23(16-30-32)36-33-12-10-20-13-25-19(15-31-34(25)22-8-6-21(28)7-9-22)14-27(20,18-33)26(35)24-5-3-4-11-29-24/h3-9,11,13,15-17H,2,10,12,14,18H2,1H3. The van der Waals surface area contributed by atoms with Gasteiger partial charge in [0.2, 0.25) is 0 Å². The minimum Gasteiger partial charge on any atom is -0.291 e. The Balaban J connectivity index is 1.39. The van der Waals surface area contributed by atoms with Crippen molar-refractivity contribution in [3.8, 4) is 5.69 Å². The Labute approximate surface area is 212 Å². The molecule has 1 fully saturated rings. The maximum Gasteiger partial charge on any atom is 0.192 e. The van der Waals surface area contributed by atoms with Crippen LogP contribution >= 0.6 is 11.9 Å². The second-order valence-corrected chi connectivity index (χ2v) is 10.3. The number of ketones is 1. The first-order valence-corrected chi connectivity index (χ1v) is 12.8. The normalized spacial score (nSPS) is 19.4. The molecule has 1 atom stereocenters. The van der Waals surface area contributed by atoms with Crippen molar-refractivity contribution in [1.29, 1.82) is 0 Å². The Bertz CT molecular complexity index is 1440. The molecule has 36 heavy (non-hydrogen) atoms. The molecule has 0 bridgehead atoms. The number of piperidine rings is 1. The quantitative estimate of drug-likeness (QED) is 0.279. The minimum absolute atomic E-state index is 0.0316. The van der Waals surface area contributed by atoms with Crippen molar-refractivity contribution < 1.29 is 9.18 Å². The molecule has 1 unspecified atom stereocenters. The number of fused-ring (bicyclic) bond motifs is 2. The van der Waals surface area contributed by atoms with Gasteiger partial charge in [0.05, 0.1) is 34.1 Å². The van der Waals surface area contributed by atoms with E-state index in [9.17, 15) is 9.18 Å². The third-order valence-corrected chi connectivity index (χ3v) is 7.94. The predicted molar refractivity (Wildman–Crippen MR) is 136 cm³/mol. The molecule has 1 aromatic carbocycles. The number of carbonyl (C=O) groups excluding carboxylic acids is 1. The topological polar surface area (TPSA) is 68.8 Å².